The van der Waals surface area contributed by atoms with Crippen LogP contribution in [-0.4, -0.2) is 38.3 Å². The summed E-state index contributed by atoms with van der Waals surface area (Å²) in [4.78, 5) is 12.4. The first-order valence-corrected chi connectivity index (χ1v) is 10.7. The zero-order valence-corrected chi connectivity index (χ0v) is 17.2. The molecule has 0 radical (unpaired) electrons. The largest absolute Gasteiger partial charge is 0.492 e. The Kier molecular flexibility index (Phi) is 7.78. The molecule has 0 saturated carbocycles. The average molecular weight is 403 g/mol. The molecule has 0 heterocycles. The lowest BCUT2D eigenvalue weighted by atomic mass is 10.2. The fourth-order valence-corrected chi connectivity index (χ4v) is 4.16. The Labute approximate surface area is 166 Å². The van der Waals surface area contributed by atoms with E-state index in [0.717, 1.165) is 5.56 Å². The van der Waals surface area contributed by atoms with Crippen LogP contribution in [0.15, 0.2) is 59.5 Å². The molecule has 0 fully saturated rings. The van der Waals surface area contributed by atoms with Crippen molar-refractivity contribution in [2.24, 2.45) is 0 Å². The van der Waals surface area contributed by atoms with Gasteiger partial charge in [-0.2, -0.15) is 4.31 Å². The van der Waals surface area contributed by atoms with E-state index in [1.807, 2.05) is 37.3 Å². The van der Waals surface area contributed by atoms with Crippen molar-refractivity contribution in [3.05, 3.63) is 60.2 Å². The van der Waals surface area contributed by atoms with Crippen LogP contribution < -0.4 is 10.1 Å². The maximum Gasteiger partial charge on any atom is 0.248 e. The highest BCUT2D eigenvalue weighted by Crippen LogP contribution is 2.29. The molecule has 6 nitrogen and oxygen atoms in total. The Balaban J connectivity index is 2.30. The van der Waals surface area contributed by atoms with Gasteiger partial charge in [-0.3, -0.25) is 4.79 Å². The number of amides is 1. The zero-order chi connectivity index (χ0) is 20.6. The van der Waals surface area contributed by atoms with E-state index in [9.17, 15) is 13.2 Å². The summed E-state index contributed by atoms with van der Waals surface area (Å²) >= 11 is 0. The minimum absolute atomic E-state index is 0.113. The van der Waals surface area contributed by atoms with E-state index in [1.54, 1.807) is 26.0 Å². The molecule has 7 heteroatoms. The first-order chi connectivity index (χ1) is 13.4. The summed E-state index contributed by atoms with van der Waals surface area (Å²) in [6.45, 7) is 6.52. The average Bonchev–Trinajstić information content (AvgIpc) is 2.69. The van der Waals surface area contributed by atoms with Crippen molar-refractivity contribution in [2.75, 3.05) is 25.0 Å². The summed E-state index contributed by atoms with van der Waals surface area (Å²) in [6, 6.07) is 13.9. The van der Waals surface area contributed by atoms with E-state index >= 15 is 0 Å². The van der Waals surface area contributed by atoms with Gasteiger partial charge in [0.25, 0.3) is 0 Å². The lowest BCUT2D eigenvalue weighted by Gasteiger charge is -2.19. The van der Waals surface area contributed by atoms with Gasteiger partial charge in [0.1, 0.15) is 5.75 Å². The number of benzene rings is 2. The Morgan fingerprint density at radius 1 is 1.07 bits per heavy atom. The second-order valence-corrected chi connectivity index (χ2v) is 7.85. The normalized spacial score (nSPS) is 11.7. The molecule has 150 valence electrons. The highest BCUT2D eigenvalue weighted by molar-refractivity contribution is 7.89. The first-order valence-electron chi connectivity index (χ1n) is 9.23. The molecule has 2 aromatic carbocycles. The smallest absolute Gasteiger partial charge is 0.248 e. The maximum atomic E-state index is 12.8. The van der Waals surface area contributed by atoms with Crippen LogP contribution in [0.25, 0.3) is 6.08 Å². The summed E-state index contributed by atoms with van der Waals surface area (Å²) in [5.74, 6) is 0.0460. The molecule has 0 bridgehead atoms. The van der Waals surface area contributed by atoms with Crippen LogP contribution in [0.3, 0.4) is 0 Å². The number of carbonyl (C=O) groups is 1. The van der Waals surface area contributed by atoms with Crippen molar-refractivity contribution in [1.82, 2.24) is 4.31 Å². The van der Waals surface area contributed by atoms with E-state index in [4.69, 9.17) is 4.74 Å². The molecule has 0 saturated heterocycles. The monoisotopic (exact) mass is 402 g/mol. The molecule has 0 aliphatic heterocycles. The number of rotatable bonds is 9. The number of carbonyl (C=O) groups excluding carboxylic acids is 1. The van der Waals surface area contributed by atoms with Gasteiger partial charge in [0.05, 0.1) is 17.2 Å². The number of nitrogens with zero attached hydrogens (tertiary/aromatic N) is 1. The number of sulfonamides is 1. The minimum Gasteiger partial charge on any atom is -0.492 e. The van der Waals surface area contributed by atoms with Crippen molar-refractivity contribution in [3.8, 4) is 5.75 Å². The molecule has 2 aromatic rings. The van der Waals surface area contributed by atoms with Gasteiger partial charge in [-0.05, 0) is 36.8 Å². The Morgan fingerprint density at radius 3 is 2.36 bits per heavy atom. The summed E-state index contributed by atoms with van der Waals surface area (Å²) in [7, 11) is -3.64. The van der Waals surface area contributed by atoms with Crippen LogP contribution in [0.4, 0.5) is 5.69 Å². The third-order valence-electron chi connectivity index (χ3n) is 4.08. The third-order valence-corrected chi connectivity index (χ3v) is 6.12. The van der Waals surface area contributed by atoms with Crippen molar-refractivity contribution in [2.45, 2.75) is 25.7 Å². The maximum absolute atomic E-state index is 12.8. The van der Waals surface area contributed by atoms with Gasteiger partial charge in [-0.15, -0.1) is 0 Å². The lowest BCUT2D eigenvalue weighted by molar-refractivity contribution is -0.111. The molecule has 0 aromatic heterocycles. The summed E-state index contributed by atoms with van der Waals surface area (Å²) in [5, 5.41) is 2.72. The van der Waals surface area contributed by atoms with E-state index in [-0.39, 0.29) is 10.8 Å². The zero-order valence-electron chi connectivity index (χ0n) is 16.4. The topological polar surface area (TPSA) is 75.7 Å². The van der Waals surface area contributed by atoms with E-state index in [0.29, 0.717) is 31.1 Å². The molecule has 0 unspecified atom stereocenters. The highest BCUT2D eigenvalue weighted by Gasteiger charge is 2.23. The fraction of sp³-hybridized carbons (Fsp3) is 0.286. The van der Waals surface area contributed by atoms with Crippen molar-refractivity contribution < 1.29 is 17.9 Å². The van der Waals surface area contributed by atoms with Crippen LogP contribution in [0, 0.1) is 0 Å². The number of anilines is 1. The number of hydrogen-bond acceptors (Lipinski definition) is 4. The minimum atomic E-state index is -3.64. The number of nitrogens with one attached hydrogen (secondary N) is 1. The van der Waals surface area contributed by atoms with Gasteiger partial charge in [0.2, 0.25) is 15.9 Å². The Bertz CT molecular complexity index is 921. The van der Waals surface area contributed by atoms with Crippen LogP contribution >= 0.6 is 0 Å². The van der Waals surface area contributed by atoms with Gasteiger partial charge in [0.15, 0.2) is 0 Å². The van der Waals surface area contributed by atoms with Crippen LogP contribution in [-0.2, 0) is 14.8 Å². The first kappa shape index (κ1) is 21.7. The van der Waals surface area contributed by atoms with E-state index in [1.165, 1.54) is 22.5 Å². The van der Waals surface area contributed by atoms with Gasteiger partial charge in [0, 0.05) is 19.2 Å². The van der Waals surface area contributed by atoms with Crippen LogP contribution in [0.2, 0.25) is 0 Å². The second kappa shape index (κ2) is 10.1. The summed E-state index contributed by atoms with van der Waals surface area (Å²) in [6.07, 6.45) is 3.09. The molecular weight excluding hydrogens is 376 g/mol. The Morgan fingerprint density at radius 2 is 1.75 bits per heavy atom. The van der Waals surface area contributed by atoms with Gasteiger partial charge >= 0.3 is 0 Å². The molecule has 0 atom stereocenters. The predicted molar refractivity (Wildman–Crippen MR) is 112 cm³/mol. The molecule has 28 heavy (non-hydrogen) atoms. The van der Waals surface area contributed by atoms with Crippen molar-refractivity contribution in [1.29, 1.82) is 0 Å². The predicted octanol–water partition coefficient (Wildman–Crippen LogP) is 3.77. The third kappa shape index (κ3) is 5.43. The Hall–Kier alpha value is -2.64. The number of hydrogen-bond donors (Lipinski definition) is 1. The van der Waals surface area contributed by atoms with E-state index in [2.05, 4.69) is 5.32 Å². The quantitative estimate of drug-likeness (QED) is 0.648. The molecule has 0 spiro atoms. The van der Waals surface area contributed by atoms with E-state index < -0.39 is 10.0 Å². The van der Waals surface area contributed by atoms with Gasteiger partial charge in [-0.25, -0.2) is 8.42 Å². The second-order valence-electron chi connectivity index (χ2n) is 5.91. The molecule has 0 aliphatic carbocycles. The number of ether oxygens (including phenoxy) is 1. The summed E-state index contributed by atoms with van der Waals surface area (Å²) in [5.41, 5.74) is 1.21. The van der Waals surface area contributed by atoms with Crippen molar-refractivity contribution >= 4 is 27.7 Å². The highest BCUT2D eigenvalue weighted by atomic mass is 32.2. The molecule has 2 rings (SSSR count). The van der Waals surface area contributed by atoms with Crippen molar-refractivity contribution in [3.63, 3.8) is 0 Å². The molecule has 0 aliphatic rings. The molecule has 1 N–H and O–H groups in total. The SMILES string of the molecule is CCOc1ccc(S(=O)(=O)N(CC)CC)cc1NC(=O)/C=C/c1ccccc1. The lowest BCUT2D eigenvalue weighted by Crippen LogP contribution is -2.30. The van der Waals surface area contributed by atoms with Crippen LogP contribution in [0.5, 0.6) is 5.75 Å². The van der Waals surface area contributed by atoms with Gasteiger partial charge in [-0.1, -0.05) is 44.2 Å². The van der Waals surface area contributed by atoms with Crippen LogP contribution in [0.1, 0.15) is 26.3 Å². The molecular formula is C21H26N2O4S. The summed E-state index contributed by atoms with van der Waals surface area (Å²) < 4.78 is 32.4. The van der Waals surface area contributed by atoms with Gasteiger partial charge < -0.3 is 10.1 Å². The molecule has 1 amide bonds. The fourth-order valence-electron chi connectivity index (χ4n) is 2.67. The standard InChI is InChI=1S/C21H26N2O4S/c1-4-23(5-2)28(25,26)18-13-14-20(27-6-3)19(16-18)22-21(24)15-12-17-10-8-7-9-11-17/h7-16H,4-6H2,1-3H3,(H,22,24)/b15-12+.